The topological polar surface area (TPSA) is 61.4 Å². The molecule has 0 aliphatic rings. The lowest BCUT2D eigenvalue weighted by atomic mass is 10.0. The van der Waals surface area contributed by atoms with E-state index in [9.17, 15) is 9.90 Å². The monoisotopic (exact) mass is 230 g/mol. The Kier molecular flexibility index (Phi) is 7.34. The predicted octanol–water partition coefficient (Wildman–Crippen LogP) is 0.899. The minimum Gasteiger partial charge on any atom is -0.389 e. The molecule has 0 aromatic carbocycles. The zero-order chi connectivity index (χ0) is 12.6. The van der Waals surface area contributed by atoms with Gasteiger partial charge in [0, 0.05) is 26.1 Å². The maximum Gasteiger partial charge on any atom is 0.221 e. The molecule has 1 amide bonds. The van der Waals surface area contributed by atoms with Gasteiger partial charge in [-0.1, -0.05) is 20.8 Å². The second kappa shape index (κ2) is 7.63. The number of hydrogen-bond donors (Lipinski definition) is 3. The van der Waals surface area contributed by atoms with Gasteiger partial charge in [0.25, 0.3) is 0 Å². The van der Waals surface area contributed by atoms with Crippen molar-refractivity contribution in [3.8, 4) is 0 Å². The summed E-state index contributed by atoms with van der Waals surface area (Å²) in [4.78, 5) is 11.3. The first-order valence-electron chi connectivity index (χ1n) is 6.07. The van der Waals surface area contributed by atoms with Crippen LogP contribution < -0.4 is 10.6 Å². The number of amides is 1. The summed E-state index contributed by atoms with van der Waals surface area (Å²) >= 11 is 0. The number of aliphatic hydroxyl groups is 1. The highest BCUT2D eigenvalue weighted by atomic mass is 16.3. The number of carbonyl (C=O) groups excluding carboxylic acids is 1. The van der Waals surface area contributed by atoms with Gasteiger partial charge in [-0.2, -0.15) is 0 Å². The number of carbonyl (C=O) groups is 1. The van der Waals surface area contributed by atoms with E-state index < -0.39 is 5.60 Å². The Labute approximate surface area is 98.8 Å². The Balaban J connectivity index is 3.48. The molecule has 0 heterocycles. The molecule has 3 N–H and O–H groups in total. The Morgan fingerprint density at radius 3 is 2.56 bits per heavy atom. The molecule has 0 rings (SSSR count). The molecule has 1 unspecified atom stereocenters. The van der Waals surface area contributed by atoms with Crippen molar-refractivity contribution in [2.24, 2.45) is 5.92 Å². The minimum atomic E-state index is -0.672. The summed E-state index contributed by atoms with van der Waals surface area (Å²) < 4.78 is 0. The molecule has 16 heavy (non-hydrogen) atoms. The summed E-state index contributed by atoms with van der Waals surface area (Å²) in [5.74, 6) is 0.551. The van der Waals surface area contributed by atoms with Gasteiger partial charge in [-0.15, -0.1) is 0 Å². The van der Waals surface area contributed by atoms with Gasteiger partial charge in [0.15, 0.2) is 0 Å². The third kappa shape index (κ3) is 8.68. The molecule has 0 aromatic rings. The lowest BCUT2D eigenvalue weighted by molar-refractivity contribution is -0.121. The Morgan fingerprint density at radius 2 is 2.06 bits per heavy atom. The highest BCUT2D eigenvalue weighted by molar-refractivity contribution is 5.76. The van der Waals surface area contributed by atoms with Crippen LogP contribution in [0.4, 0.5) is 0 Å². The van der Waals surface area contributed by atoms with Gasteiger partial charge < -0.3 is 15.7 Å². The van der Waals surface area contributed by atoms with Crippen molar-refractivity contribution in [2.45, 2.75) is 46.1 Å². The van der Waals surface area contributed by atoms with Crippen LogP contribution in [0.1, 0.15) is 40.5 Å². The van der Waals surface area contributed by atoms with E-state index in [1.165, 1.54) is 0 Å². The van der Waals surface area contributed by atoms with Crippen LogP contribution in [0.2, 0.25) is 0 Å². The van der Waals surface area contributed by atoms with E-state index in [1.807, 2.05) is 6.92 Å². The normalized spacial score (nSPS) is 14.9. The molecule has 0 radical (unpaired) electrons. The average molecular weight is 230 g/mol. The first-order chi connectivity index (χ1) is 7.37. The molecule has 4 heteroatoms. The van der Waals surface area contributed by atoms with E-state index in [-0.39, 0.29) is 5.91 Å². The molecule has 0 fully saturated rings. The van der Waals surface area contributed by atoms with E-state index in [0.717, 1.165) is 6.54 Å². The largest absolute Gasteiger partial charge is 0.389 e. The molecule has 0 aromatic heterocycles. The van der Waals surface area contributed by atoms with Crippen molar-refractivity contribution in [2.75, 3.05) is 19.6 Å². The van der Waals surface area contributed by atoms with E-state index in [2.05, 4.69) is 24.5 Å². The average Bonchev–Trinajstić information content (AvgIpc) is 2.21. The highest BCUT2D eigenvalue weighted by Gasteiger charge is 2.16. The third-order valence-electron chi connectivity index (χ3n) is 2.50. The fraction of sp³-hybridized carbons (Fsp3) is 0.917. The Hall–Kier alpha value is -0.610. The quantitative estimate of drug-likeness (QED) is 0.543. The van der Waals surface area contributed by atoms with Crippen LogP contribution >= 0.6 is 0 Å². The van der Waals surface area contributed by atoms with E-state index in [0.29, 0.717) is 31.8 Å². The highest BCUT2D eigenvalue weighted by Crippen LogP contribution is 2.05. The second-order valence-corrected chi connectivity index (χ2v) is 4.98. The molecule has 0 aliphatic carbocycles. The number of nitrogens with one attached hydrogen (secondary N) is 2. The van der Waals surface area contributed by atoms with Gasteiger partial charge in [0.1, 0.15) is 0 Å². The maximum absolute atomic E-state index is 11.3. The molecular formula is C12H26N2O2. The van der Waals surface area contributed by atoms with Crippen LogP contribution in [0.15, 0.2) is 0 Å². The molecule has 0 spiro atoms. The summed E-state index contributed by atoms with van der Waals surface area (Å²) in [7, 11) is 0. The lowest BCUT2D eigenvalue weighted by Gasteiger charge is -2.21. The molecular weight excluding hydrogens is 204 g/mol. The minimum absolute atomic E-state index is 0.0670. The van der Waals surface area contributed by atoms with Gasteiger partial charge in [-0.05, 0) is 19.3 Å². The van der Waals surface area contributed by atoms with Gasteiger partial charge >= 0.3 is 0 Å². The third-order valence-corrected chi connectivity index (χ3v) is 2.50. The zero-order valence-electron chi connectivity index (χ0n) is 11.0. The smallest absolute Gasteiger partial charge is 0.221 e. The van der Waals surface area contributed by atoms with Gasteiger partial charge in [0.2, 0.25) is 5.91 Å². The van der Waals surface area contributed by atoms with E-state index >= 15 is 0 Å². The summed E-state index contributed by atoms with van der Waals surface area (Å²) in [6, 6.07) is 0. The Morgan fingerprint density at radius 1 is 1.44 bits per heavy atom. The van der Waals surface area contributed by atoms with Gasteiger partial charge in [-0.3, -0.25) is 4.79 Å². The summed E-state index contributed by atoms with van der Waals surface area (Å²) in [5.41, 5.74) is -0.672. The van der Waals surface area contributed by atoms with E-state index in [4.69, 9.17) is 0 Å². The Bertz CT molecular complexity index is 203. The van der Waals surface area contributed by atoms with Crippen LogP contribution in [0.5, 0.6) is 0 Å². The first-order valence-corrected chi connectivity index (χ1v) is 6.07. The van der Waals surface area contributed by atoms with Gasteiger partial charge in [-0.25, -0.2) is 0 Å². The fourth-order valence-electron chi connectivity index (χ4n) is 1.09. The molecule has 0 saturated carbocycles. The molecule has 96 valence electrons. The van der Waals surface area contributed by atoms with Crippen LogP contribution in [0.25, 0.3) is 0 Å². The standard InChI is InChI=1S/C12H26N2O2/c1-5-12(4,16)9-13-7-6-11(15)14-8-10(2)3/h10,13,16H,5-9H2,1-4H3,(H,14,15). The predicted molar refractivity (Wildman–Crippen MR) is 66.2 cm³/mol. The zero-order valence-corrected chi connectivity index (χ0v) is 11.0. The molecule has 4 nitrogen and oxygen atoms in total. The SMILES string of the molecule is CCC(C)(O)CNCCC(=O)NCC(C)C. The molecule has 0 aliphatic heterocycles. The van der Waals surface area contributed by atoms with Crippen LogP contribution in [0.3, 0.4) is 0 Å². The summed E-state index contributed by atoms with van der Waals surface area (Å²) in [6.45, 7) is 9.73. The van der Waals surface area contributed by atoms with Crippen LogP contribution in [0, 0.1) is 5.92 Å². The van der Waals surface area contributed by atoms with Crippen molar-refractivity contribution in [1.29, 1.82) is 0 Å². The van der Waals surface area contributed by atoms with Crippen LogP contribution in [-0.4, -0.2) is 36.2 Å². The van der Waals surface area contributed by atoms with Crippen molar-refractivity contribution in [3.63, 3.8) is 0 Å². The molecule has 0 saturated heterocycles. The molecule has 0 bridgehead atoms. The fourth-order valence-corrected chi connectivity index (χ4v) is 1.09. The number of rotatable bonds is 8. The first kappa shape index (κ1) is 15.4. The second-order valence-electron chi connectivity index (χ2n) is 4.98. The summed E-state index contributed by atoms with van der Waals surface area (Å²) in [6.07, 6.45) is 1.17. The van der Waals surface area contributed by atoms with Crippen LogP contribution in [-0.2, 0) is 4.79 Å². The molecule has 1 atom stereocenters. The van der Waals surface area contributed by atoms with Crippen molar-refractivity contribution in [1.82, 2.24) is 10.6 Å². The van der Waals surface area contributed by atoms with Crippen molar-refractivity contribution in [3.05, 3.63) is 0 Å². The lowest BCUT2D eigenvalue weighted by Crippen LogP contribution is -2.39. The van der Waals surface area contributed by atoms with Gasteiger partial charge in [0.05, 0.1) is 5.60 Å². The maximum atomic E-state index is 11.3. The summed E-state index contributed by atoms with van der Waals surface area (Å²) in [5, 5.41) is 15.6. The van der Waals surface area contributed by atoms with E-state index in [1.54, 1.807) is 6.92 Å². The van der Waals surface area contributed by atoms with Crippen molar-refractivity contribution < 1.29 is 9.90 Å². The number of hydrogen-bond acceptors (Lipinski definition) is 3. The van der Waals surface area contributed by atoms with Crippen molar-refractivity contribution >= 4 is 5.91 Å².